The first-order chi connectivity index (χ1) is 10.2. The largest absolute Gasteiger partial charge is 0.380 e. The lowest BCUT2D eigenvalue weighted by Gasteiger charge is -2.60. The molecule has 3 unspecified atom stereocenters. The van der Waals surface area contributed by atoms with E-state index in [-0.39, 0.29) is 5.41 Å². The Balaban J connectivity index is 1.59. The second-order valence-corrected chi connectivity index (χ2v) is 6.96. The zero-order chi connectivity index (χ0) is 14.4. The molecule has 4 rings (SSSR count). The molecule has 1 aromatic carbocycles. The summed E-state index contributed by atoms with van der Waals surface area (Å²) in [6, 6.07) is 10.9. The molecule has 2 fully saturated rings. The first kappa shape index (κ1) is 13.1. The Kier molecular flexibility index (Phi) is 2.93. The van der Waals surface area contributed by atoms with Crippen LogP contribution in [0.5, 0.6) is 0 Å². The summed E-state index contributed by atoms with van der Waals surface area (Å²) in [4.78, 5) is 4.55. The molecule has 1 aliphatic heterocycles. The standard InChI is InChI=1S/C18H22N2O/c1-18(2)16(14-7-5-9-21-17(14)18)20-13-10-12-6-3-4-8-15(12)19-11-13/h3-4,6,8,10-11,14,16-17,20H,5,7,9H2,1-2H3. The minimum absolute atomic E-state index is 0.191. The van der Waals surface area contributed by atoms with E-state index in [1.54, 1.807) is 0 Å². The smallest absolute Gasteiger partial charge is 0.0703 e. The van der Waals surface area contributed by atoms with Crippen LogP contribution in [-0.2, 0) is 4.74 Å². The molecule has 1 N–H and O–H groups in total. The van der Waals surface area contributed by atoms with Gasteiger partial charge in [-0.05, 0) is 25.0 Å². The van der Waals surface area contributed by atoms with Crippen LogP contribution in [-0.4, -0.2) is 23.7 Å². The molecule has 1 aliphatic carbocycles. The molecule has 3 heteroatoms. The summed E-state index contributed by atoms with van der Waals surface area (Å²) >= 11 is 0. The highest BCUT2D eigenvalue weighted by atomic mass is 16.5. The zero-order valence-electron chi connectivity index (χ0n) is 12.7. The summed E-state index contributed by atoms with van der Waals surface area (Å²) in [5.74, 6) is 0.639. The first-order valence-electron chi connectivity index (χ1n) is 7.89. The number of rotatable bonds is 2. The highest BCUT2D eigenvalue weighted by molar-refractivity contribution is 5.81. The molecule has 2 aliphatic rings. The van der Waals surface area contributed by atoms with Gasteiger partial charge in [-0.2, -0.15) is 0 Å². The zero-order valence-corrected chi connectivity index (χ0v) is 12.7. The van der Waals surface area contributed by atoms with E-state index in [0.717, 1.165) is 17.8 Å². The van der Waals surface area contributed by atoms with Crippen molar-refractivity contribution in [2.24, 2.45) is 11.3 Å². The fourth-order valence-electron chi connectivity index (χ4n) is 4.15. The van der Waals surface area contributed by atoms with E-state index in [0.29, 0.717) is 18.1 Å². The Morgan fingerprint density at radius 2 is 2.14 bits per heavy atom. The lowest BCUT2D eigenvalue weighted by atomic mass is 9.55. The van der Waals surface area contributed by atoms with E-state index in [2.05, 4.69) is 48.4 Å². The molecule has 1 saturated carbocycles. The van der Waals surface area contributed by atoms with E-state index in [1.165, 1.54) is 18.2 Å². The van der Waals surface area contributed by atoms with Crippen molar-refractivity contribution < 1.29 is 4.74 Å². The quantitative estimate of drug-likeness (QED) is 0.908. The lowest BCUT2D eigenvalue weighted by Crippen LogP contribution is -2.67. The van der Waals surface area contributed by atoms with E-state index in [4.69, 9.17) is 4.74 Å². The van der Waals surface area contributed by atoms with Gasteiger partial charge in [-0.15, -0.1) is 0 Å². The number of hydrogen-bond acceptors (Lipinski definition) is 3. The van der Waals surface area contributed by atoms with Gasteiger partial charge in [-0.25, -0.2) is 0 Å². The van der Waals surface area contributed by atoms with Gasteiger partial charge in [0.15, 0.2) is 0 Å². The van der Waals surface area contributed by atoms with Gasteiger partial charge in [0.2, 0.25) is 0 Å². The Morgan fingerprint density at radius 1 is 1.29 bits per heavy atom. The molecular weight excluding hydrogens is 260 g/mol. The van der Waals surface area contributed by atoms with Crippen molar-refractivity contribution in [2.75, 3.05) is 11.9 Å². The average molecular weight is 282 g/mol. The Bertz CT molecular complexity index is 667. The van der Waals surface area contributed by atoms with Crippen molar-refractivity contribution in [2.45, 2.75) is 38.8 Å². The highest BCUT2D eigenvalue weighted by Crippen LogP contribution is 2.52. The molecule has 110 valence electrons. The van der Waals surface area contributed by atoms with Crippen LogP contribution in [0.2, 0.25) is 0 Å². The number of hydrogen-bond donors (Lipinski definition) is 1. The van der Waals surface area contributed by atoms with Crippen LogP contribution in [0.4, 0.5) is 5.69 Å². The molecule has 2 heterocycles. The van der Waals surface area contributed by atoms with E-state index < -0.39 is 0 Å². The van der Waals surface area contributed by atoms with Gasteiger partial charge in [0, 0.05) is 29.4 Å². The molecule has 0 bridgehead atoms. The van der Waals surface area contributed by atoms with Crippen molar-refractivity contribution in [1.29, 1.82) is 0 Å². The Hall–Kier alpha value is -1.61. The van der Waals surface area contributed by atoms with Crippen LogP contribution in [0.15, 0.2) is 36.5 Å². The van der Waals surface area contributed by atoms with Gasteiger partial charge in [0.05, 0.1) is 23.5 Å². The number of nitrogens with one attached hydrogen (secondary N) is 1. The maximum absolute atomic E-state index is 5.97. The normalized spacial score (nSPS) is 30.5. The minimum atomic E-state index is 0.191. The van der Waals surface area contributed by atoms with E-state index >= 15 is 0 Å². The number of nitrogens with zero attached hydrogens (tertiary/aromatic N) is 1. The van der Waals surface area contributed by atoms with Crippen LogP contribution < -0.4 is 5.32 Å². The van der Waals surface area contributed by atoms with Crippen LogP contribution in [0.3, 0.4) is 0 Å². The van der Waals surface area contributed by atoms with Crippen molar-refractivity contribution in [3.63, 3.8) is 0 Å². The number of fused-ring (bicyclic) bond motifs is 2. The molecule has 0 radical (unpaired) electrons. The topological polar surface area (TPSA) is 34.2 Å². The molecule has 0 amide bonds. The van der Waals surface area contributed by atoms with Crippen molar-refractivity contribution in [3.05, 3.63) is 36.5 Å². The van der Waals surface area contributed by atoms with Crippen LogP contribution in [0.25, 0.3) is 10.9 Å². The van der Waals surface area contributed by atoms with Gasteiger partial charge in [0.25, 0.3) is 0 Å². The maximum atomic E-state index is 5.97. The van der Waals surface area contributed by atoms with Crippen molar-refractivity contribution in [3.8, 4) is 0 Å². The molecule has 21 heavy (non-hydrogen) atoms. The second-order valence-electron chi connectivity index (χ2n) is 6.96. The number of pyridine rings is 1. The lowest BCUT2D eigenvalue weighted by molar-refractivity contribution is -0.177. The van der Waals surface area contributed by atoms with Gasteiger partial charge in [-0.1, -0.05) is 32.0 Å². The monoisotopic (exact) mass is 282 g/mol. The number of anilines is 1. The Labute approximate surface area is 125 Å². The molecule has 0 spiro atoms. The van der Waals surface area contributed by atoms with Gasteiger partial charge >= 0.3 is 0 Å². The molecule has 3 nitrogen and oxygen atoms in total. The second kappa shape index (κ2) is 4.70. The summed E-state index contributed by atoms with van der Waals surface area (Å²) in [6.07, 6.45) is 4.82. The third-order valence-electron chi connectivity index (χ3n) is 5.24. The average Bonchev–Trinajstić information content (AvgIpc) is 2.52. The van der Waals surface area contributed by atoms with Crippen LogP contribution in [0.1, 0.15) is 26.7 Å². The fraction of sp³-hybridized carbons (Fsp3) is 0.500. The number of benzene rings is 1. The predicted octanol–water partition coefficient (Wildman–Crippen LogP) is 3.85. The van der Waals surface area contributed by atoms with Crippen molar-refractivity contribution in [1.82, 2.24) is 4.98 Å². The van der Waals surface area contributed by atoms with Gasteiger partial charge in [0.1, 0.15) is 0 Å². The maximum Gasteiger partial charge on any atom is 0.0703 e. The van der Waals surface area contributed by atoms with E-state index in [1.807, 2.05) is 12.3 Å². The van der Waals surface area contributed by atoms with E-state index in [9.17, 15) is 0 Å². The highest BCUT2D eigenvalue weighted by Gasteiger charge is 2.57. The van der Waals surface area contributed by atoms with Crippen LogP contribution >= 0.6 is 0 Å². The summed E-state index contributed by atoms with van der Waals surface area (Å²) in [6.45, 7) is 5.55. The van der Waals surface area contributed by atoms with Gasteiger partial charge in [-0.3, -0.25) is 4.98 Å². The third-order valence-corrected chi connectivity index (χ3v) is 5.24. The third kappa shape index (κ3) is 2.03. The molecule has 3 atom stereocenters. The summed E-state index contributed by atoms with van der Waals surface area (Å²) in [5, 5.41) is 4.91. The van der Waals surface area contributed by atoms with Gasteiger partial charge < -0.3 is 10.1 Å². The fourth-order valence-corrected chi connectivity index (χ4v) is 4.15. The number of ether oxygens (including phenoxy) is 1. The number of aromatic nitrogens is 1. The Morgan fingerprint density at radius 3 is 3.05 bits per heavy atom. The summed E-state index contributed by atoms with van der Waals surface area (Å²) in [7, 11) is 0. The molecular formula is C18H22N2O. The van der Waals surface area contributed by atoms with Crippen LogP contribution in [0, 0.1) is 11.3 Å². The molecule has 1 saturated heterocycles. The first-order valence-corrected chi connectivity index (χ1v) is 7.89. The predicted molar refractivity (Wildman–Crippen MR) is 85.4 cm³/mol. The summed E-state index contributed by atoms with van der Waals surface area (Å²) < 4.78 is 5.97. The molecule has 2 aromatic rings. The minimum Gasteiger partial charge on any atom is -0.380 e. The summed E-state index contributed by atoms with van der Waals surface area (Å²) in [5.41, 5.74) is 2.36. The SMILES string of the molecule is CC1(C)C(Nc2cnc3ccccc3c2)C2CCCOC21. The van der Waals surface area contributed by atoms with Crippen molar-refractivity contribution >= 4 is 16.6 Å². The number of para-hydroxylation sites is 1. The molecule has 1 aromatic heterocycles.